The summed E-state index contributed by atoms with van der Waals surface area (Å²) in [5, 5.41) is 0. The molecule has 2 aromatic heterocycles. The molecule has 0 bridgehead atoms. The Morgan fingerprint density at radius 2 is 1.86 bits per heavy atom. The number of nitrogens with zero attached hydrogens (tertiary/aromatic N) is 4. The van der Waals surface area contributed by atoms with E-state index in [1.165, 1.54) is 27.3 Å². The molecule has 3 heterocycles. The SMILES string of the molecule is CCCc1ncc2c(n1)CCN(Cc1ccc(-c3ccc(SCC)cc3)nc1)C2. The highest BCUT2D eigenvalue weighted by Crippen LogP contribution is 2.24. The first-order valence-electron chi connectivity index (χ1n) is 10.5. The molecule has 3 aromatic rings. The van der Waals surface area contributed by atoms with Gasteiger partial charge in [0, 0.05) is 66.6 Å². The minimum atomic E-state index is 0.912. The van der Waals surface area contributed by atoms with E-state index < -0.39 is 0 Å². The molecule has 0 spiro atoms. The van der Waals surface area contributed by atoms with E-state index in [4.69, 9.17) is 9.97 Å². The van der Waals surface area contributed by atoms with E-state index in [-0.39, 0.29) is 0 Å². The quantitative estimate of drug-likeness (QED) is 0.509. The summed E-state index contributed by atoms with van der Waals surface area (Å²) in [6, 6.07) is 13.0. The molecule has 4 rings (SSSR count). The molecule has 0 atom stereocenters. The number of hydrogen-bond acceptors (Lipinski definition) is 5. The van der Waals surface area contributed by atoms with Crippen molar-refractivity contribution in [1.29, 1.82) is 0 Å². The Morgan fingerprint density at radius 1 is 1.00 bits per heavy atom. The smallest absolute Gasteiger partial charge is 0.128 e. The van der Waals surface area contributed by atoms with E-state index in [9.17, 15) is 0 Å². The minimum Gasteiger partial charge on any atom is -0.294 e. The van der Waals surface area contributed by atoms with Crippen molar-refractivity contribution in [2.24, 2.45) is 0 Å². The number of benzene rings is 1. The fourth-order valence-electron chi connectivity index (χ4n) is 3.73. The number of hydrogen-bond donors (Lipinski definition) is 0. The van der Waals surface area contributed by atoms with Crippen molar-refractivity contribution < 1.29 is 0 Å². The molecule has 1 aromatic carbocycles. The summed E-state index contributed by atoms with van der Waals surface area (Å²) in [5.74, 6) is 2.08. The molecule has 150 valence electrons. The third-order valence-electron chi connectivity index (χ3n) is 5.23. The lowest BCUT2D eigenvalue weighted by Gasteiger charge is -2.28. The van der Waals surface area contributed by atoms with Gasteiger partial charge in [-0.05, 0) is 35.9 Å². The monoisotopic (exact) mass is 404 g/mol. The van der Waals surface area contributed by atoms with Gasteiger partial charge in [0.1, 0.15) is 5.82 Å². The van der Waals surface area contributed by atoms with Crippen LogP contribution in [0.15, 0.2) is 53.7 Å². The molecular formula is C24H28N4S. The predicted octanol–water partition coefficient (Wildman–Crippen LogP) is 5.16. The van der Waals surface area contributed by atoms with Crippen LogP contribution >= 0.6 is 11.8 Å². The molecule has 0 saturated heterocycles. The molecule has 1 aliphatic heterocycles. The van der Waals surface area contributed by atoms with E-state index in [1.807, 2.05) is 24.2 Å². The standard InChI is InChI=1S/C24H28N4S/c1-3-5-24-26-15-20-17-28(13-12-23(20)27-24)16-18-6-11-22(25-14-18)19-7-9-21(10-8-19)29-4-2/h6-11,14-15H,3-5,12-13,16-17H2,1-2H3. The minimum absolute atomic E-state index is 0.912. The number of aryl methyl sites for hydroxylation is 1. The van der Waals surface area contributed by atoms with Crippen LogP contribution < -0.4 is 0 Å². The Bertz CT molecular complexity index is 938. The summed E-state index contributed by atoms with van der Waals surface area (Å²) < 4.78 is 0. The Morgan fingerprint density at radius 3 is 2.59 bits per heavy atom. The van der Waals surface area contributed by atoms with Crippen molar-refractivity contribution >= 4 is 11.8 Å². The van der Waals surface area contributed by atoms with Gasteiger partial charge in [0.25, 0.3) is 0 Å². The highest BCUT2D eigenvalue weighted by Gasteiger charge is 2.18. The van der Waals surface area contributed by atoms with Crippen LogP contribution in [0.25, 0.3) is 11.3 Å². The highest BCUT2D eigenvalue weighted by atomic mass is 32.2. The van der Waals surface area contributed by atoms with Crippen molar-refractivity contribution in [3.63, 3.8) is 0 Å². The number of thioether (sulfide) groups is 1. The average Bonchev–Trinajstić information content (AvgIpc) is 2.75. The van der Waals surface area contributed by atoms with Crippen LogP contribution in [0.2, 0.25) is 0 Å². The van der Waals surface area contributed by atoms with E-state index in [1.54, 1.807) is 0 Å². The maximum absolute atomic E-state index is 4.76. The molecule has 0 amide bonds. The van der Waals surface area contributed by atoms with Crippen LogP contribution in [-0.2, 0) is 25.9 Å². The summed E-state index contributed by atoms with van der Waals surface area (Å²) in [4.78, 5) is 17.8. The normalized spacial score (nSPS) is 14.0. The largest absolute Gasteiger partial charge is 0.294 e. The molecule has 0 fully saturated rings. The van der Waals surface area contributed by atoms with Gasteiger partial charge in [-0.3, -0.25) is 9.88 Å². The fourth-order valence-corrected chi connectivity index (χ4v) is 4.39. The molecule has 4 nitrogen and oxygen atoms in total. The number of pyridine rings is 1. The maximum Gasteiger partial charge on any atom is 0.128 e. The molecule has 0 N–H and O–H groups in total. The lowest BCUT2D eigenvalue weighted by Crippen LogP contribution is -2.31. The van der Waals surface area contributed by atoms with Gasteiger partial charge in [0.15, 0.2) is 0 Å². The van der Waals surface area contributed by atoms with Gasteiger partial charge in [-0.25, -0.2) is 9.97 Å². The molecule has 0 unspecified atom stereocenters. The summed E-state index contributed by atoms with van der Waals surface area (Å²) in [6.07, 6.45) is 7.11. The summed E-state index contributed by atoms with van der Waals surface area (Å²) in [6.45, 7) is 7.21. The zero-order chi connectivity index (χ0) is 20.1. The van der Waals surface area contributed by atoms with Crippen LogP contribution in [0, 0.1) is 0 Å². The number of rotatable bonds is 7. The molecule has 29 heavy (non-hydrogen) atoms. The Labute approximate surface area is 177 Å². The number of fused-ring (bicyclic) bond motifs is 1. The van der Waals surface area contributed by atoms with Gasteiger partial charge >= 0.3 is 0 Å². The zero-order valence-electron chi connectivity index (χ0n) is 17.3. The molecule has 1 aliphatic rings. The first-order chi connectivity index (χ1) is 14.2. The van der Waals surface area contributed by atoms with Gasteiger partial charge in [0.2, 0.25) is 0 Å². The van der Waals surface area contributed by atoms with Crippen molar-refractivity contribution in [3.8, 4) is 11.3 Å². The van der Waals surface area contributed by atoms with E-state index in [0.717, 1.165) is 56.2 Å². The van der Waals surface area contributed by atoms with E-state index in [2.05, 4.69) is 60.1 Å². The van der Waals surface area contributed by atoms with Crippen molar-refractivity contribution in [3.05, 3.63) is 71.4 Å². The Balaban J connectivity index is 1.39. The second-order valence-corrected chi connectivity index (χ2v) is 8.82. The van der Waals surface area contributed by atoms with Crippen molar-refractivity contribution in [2.45, 2.75) is 51.1 Å². The van der Waals surface area contributed by atoms with Gasteiger partial charge in [-0.2, -0.15) is 0 Å². The first-order valence-corrected chi connectivity index (χ1v) is 11.5. The third-order valence-corrected chi connectivity index (χ3v) is 6.12. The van der Waals surface area contributed by atoms with E-state index >= 15 is 0 Å². The van der Waals surface area contributed by atoms with Crippen LogP contribution in [0.3, 0.4) is 0 Å². The molecule has 5 heteroatoms. The van der Waals surface area contributed by atoms with Crippen LogP contribution in [0.1, 0.15) is 42.9 Å². The second-order valence-electron chi connectivity index (χ2n) is 7.48. The van der Waals surface area contributed by atoms with Gasteiger partial charge in [-0.1, -0.05) is 32.0 Å². The lowest BCUT2D eigenvalue weighted by molar-refractivity contribution is 0.242. The molecule has 0 aliphatic carbocycles. The maximum atomic E-state index is 4.76. The third kappa shape index (κ3) is 5.03. The second kappa shape index (κ2) is 9.51. The van der Waals surface area contributed by atoms with Gasteiger partial charge in [0.05, 0.1) is 5.69 Å². The lowest BCUT2D eigenvalue weighted by atomic mass is 10.1. The average molecular weight is 405 g/mol. The molecule has 0 saturated carbocycles. The zero-order valence-corrected chi connectivity index (χ0v) is 18.1. The molecule has 0 radical (unpaired) electrons. The van der Waals surface area contributed by atoms with Crippen LogP contribution in [0.4, 0.5) is 0 Å². The first kappa shape index (κ1) is 20.0. The summed E-state index contributed by atoms with van der Waals surface area (Å²) in [7, 11) is 0. The van der Waals surface area contributed by atoms with Gasteiger partial charge in [-0.15, -0.1) is 11.8 Å². The number of aromatic nitrogens is 3. The van der Waals surface area contributed by atoms with E-state index in [0.29, 0.717) is 0 Å². The van der Waals surface area contributed by atoms with Crippen molar-refractivity contribution in [2.75, 3.05) is 12.3 Å². The topological polar surface area (TPSA) is 41.9 Å². The highest BCUT2D eigenvalue weighted by molar-refractivity contribution is 7.99. The van der Waals surface area contributed by atoms with Crippen LogP contribution in [0.5, 0.6) is 0 Å². The van der Waals surface area contributed by atoms with Crippen molar-refractivity contribution in [1.82, 2.24) is 19.9 Å². The predicted molar refractivity (Wildman–Crippen MR) is 120 cm³/mol. The summed E-state index contributed by atoms with van der Waals surface area (Å²) >= 11 is 1.86. The van der Waals surface area contributed by atoms with Crippen LogP contribution in [-0.4, -0.2) is 32.1 Å². The van der Waals surface area contributed by atoms with Gasteiger partial charge < -0.3 is 0 Å². The Hall–Kier alpha value is -2.24. The summed E-state index contributed by atoms with van der Waals surface area (Å²) in [5.41, 5.74) is 5.95. The molecular weight excluding hydrogens is 376 g/mol. The fraction of sp³-hybridized carbons (Fsp3) is 0.375. The Kier molecular flexibility index (Phi) is 6.57.